The summed E-state index contributed by atoms with van der Waals surface area (Å²) in [5, 5.41) is 8.70. The van der Waals surface area contributed by atoms with Gasteiger partial charge in [0.05, 0.1) is 28.7 Å². The van der Waals surface area contributed by atoms with E-state index in [1.807, 2.05) is 20.8 Å². The minimum absolute atomic E-state index is 0.0588. The first kappa shape index (κ1) is 28.8. The average molecular weight is 587 g/mol. The molecule has 3 aliphatic rings. The summed E-state index contributed by atoms with van der Waals surface area (Å²) in [6.45, 7) is 6.24. The molecule has 1 amide bonds. The Morgan fingerprint density at radius 3 is 2.48 bits per heavy atom. The maximum Gasteiger partial charge on any atom is 0.409 e. The molecule has 0 spiro atoms. The second kappa shape index (κ2) is 10.3. The second-order valence-corrected chi connectivity index (χ2v) is 13.2. The first-order valence-electron chi connectivity index (χ1n) is 13.4. The van der Waals surface area contributed by atoms with Crippen LogP contribution >= 0.6 is 0 Å². The van der Waals surface area contributed by atoms with E-state index >= 15 is 0 Å². The van der Waals surface area contributed by atoms with Crippen molar-refractivity contribution in [2.24, 2.45) is 0 Å². The molecule has 2 aliphatic heterocycles. The van der Waals surface area contributed by atoms with Gasteiger partial charge in [-0.2, -0.15) is 18.3 Å². The fraction of sp³-hybridized carbons (Fsp3) is 0.615. The molecule has 0 unspecified atom stereocenters. The highest BCUT2D eigenvalue weighted by Gasteiger charge is 2.42. The van der Waals surface area contributed by atoms with Crippen molar-refractivity contribution >= 4 is 32.5 Å². The SMILES string of the molecule is C[C@H]1CN(c2cc(S(=O)(=O)NC3(C)CC3)cc3c2cnn3[C@@H]2C[C@@H](CF)N(C(=O)/C=C/C(F)(F)F)C2)C[C@H](C)N1. The molecule has 1 aromatic carbocycles. The number of hydrogen-bond acceptors (Lipinski definition) is 6. The molecule has 1 saturated carbocycles. The van der Waals surface area contributed by atoms with Gasteiger partial charge in [-0.05, 0) is 52.2 Å². The number of piperazine rings is 1. The van der Waals surface area contributed by atoms with E-state index in [2.05, 4.69) is 20.0 Å². The maximum absolute atomic E-state index is 13.9. The Morgan fingerprint density at radius 1 is 1.20 bits per heavy atom. The summed E-state index contributed by atoms with van der Waals surface area (Å²) >= 11 is 0. The molecular formula is C26H34F4N6O3S. The summed E-state index contributed by atoms with van der Waals surface area (Å²) in [5.74, 6) is -0.937. The Hall–Kier alpha value is -2.71. The molecule has 5 rings (SSSR count). The molecule has 1 aromatic heterocycles. The number of aromatic nitrogens is 2. The first-order valence-corrected chi connectivity index (χ1v) is 14.8. The zero-order valence-electron chi connectivity index (χ0n) is 22.6. The summed E-state index contributed by atoms with van der Waals surface area (Å²) in [4.78, 5) is 15.8. The predicted molar refractivity (Wildman–Crippen MR) is 142 cm³/mol. The fourth-order valence-corrected chi connectivity index (χ4v) is 7.26. The number of anilines is 1. The normalized spacial score (nSPS) is 27.2. The van der Waals surface area contributed by atoms with Gasteiger partial charge in [0.2, 0.25) is 15.9 Å². The maximum atomic E-state index is 13.9. The van der Waals surface area contributed by atoms with Crippen LogP contribution in [0, 0.1) is 0 Å². The second-order valence-electron chi connectivity index (χ2n) is 11.6. The van der Waals surface area contributed by atoms with Crippen LogP contribution in [0.5, 0.6) is 0 Å². The molecule has 2 N–H and O–H groups in total. The number of likely N-dealkylation sites (tertiary alicyclic amines) is 1. The number of nitrogens with one attached hydrogen (secondary N) is 2. The third-order valence-corrected chi connectivity index (χ3v) is 9.49. The van der Waals surface area contributed by atoms with Crippen molar-refractivity contribution in [1.82, 2.24) is 24.7 Å². The molecule has 1 aliphatic carbocycles. The molecule has 9 nitrogen and oxygen atoms in total. The number of hydrogen-bond donors (Lipinski definition) is 2. The van der Waals surface area contributed by atoms with Crippen molar-refractivity contribution < 1.29 is 30.8 Å². The van der Waals surface area contributed by atoms with Gasteiger partial charge < -0.3 is 15.1 Å². The van der Waals surface area contributed by atoms with Crippen molar-refractivity contribution in [2.75, 3.05) is 31.2 Å². The topological polar surface area (TPSA) is 99.6 Å². The number of amides is 1. The summed E-state index contributed by atoms with van der Waals surface area (Å²) in [6.07, 6.45) is -1.17. The Morgan fingerprint density at radius 2 is 1.88 bits per heavy atom. The van der Waals surface area contributed by atoms with Crippen molar-refractivity contribution in [3.63, 3.8) is 0 Å². The number of alkyl halides is 4. The van der Waals surface area contributed by atoms with Gasteiger partial charge in [-0.25, -0.2) is 17.5 Å². The Labute approximate surface area is 230 Å². The molecule has 14 heteroatoms. The minimum Gasteiger partial charge on any atom is -0.368 e. The van der Waals surface area contributed by atoms with E-state index in [1.54, 1.807) is 16.9 Å². The largest absolute Gasteiger partial charge is 0.409 e. The highest BCUT2D eigenvalue weighted by Crippen LogP contribution is 2.39. The van der Waals surface area contributed by atoms with Gasteiger partial charge >= 0.3 is 6.18 Å². The molecule has 2 aromatic rings. The van der Waals surface area contributed by atoms with Crippen LogP contribution in [0.15, 0.2) is 35.4 Å². The Kier molecular flexibility index (Phi) is 7.41. The number of sulfonamides is 1. The molecular weight excluding hydrogens is 552 g/mol. The number of benzene rings is 1. The monoisotopic (exact) mass is 586 g/mol. The van der Waals surface area contributed by atoms with Gasteiger partial charge in [0, 0.05) is 60.5 Å². The smallest absolute Gasteiger partial charge is 0.368 e. The zero-order chi connectivity index (χ0) is 29.0. The van der Waals surface area contributed by atoms with Gasteiger partial charge in [-0.15, -0.1) is 0 Å². The highest BCUT2D eigenvalue weighted by molar-refractivity contribution is 7.89. The number of rotatable bonds is 7. The van der Waals surface area contributed by atoms with Crippen LogP contribution in [-0.4, -0.2) is 85.2 Å². The van der Waals surface area contributed by atoms with Gasteiger partial charge in [-0.1, -0.05) is 0 Å². The number of fused-ring (bicyclic) bond motifs is 1. The molecule has 220 valence electrons. The standard InChI is InChI=1S/C26H34F4N6O3S/c1-16-13-34(14-17(2)32-16)22-9-20(40(38,39)33-25(3)6-7-25)10-23-21(22)12-31-36(23)19-8-18(11-27)35(15-19)24(37)4-5-26(28,29)30/h4-5,9-10,12,16-19,32-33H,6-8,11,13-15H2,1-3H3/b5-4+/t16-,17-,18-,19+/m0/s1. The van der Waals surface area contributed by atoms with Crippen LogP contribution in [0.1, 0.15) is 46.1 Å². The van der Waals surface area contributed by atoms with Crippen molar-refractivity contribution in [3.8, 4) is 0 Å². The van der Waals surface area contributed by atoms with E-state index in [4.69, 9.17) is 0 Å². The predicted octanol–water partition coefficient (Wildman–Crippen LogP) is 3.28. The van der Waals surface area contributed by atoms with Gasteiger partial charge in [0.1, 0.15) is 6.67 Å². The van der Waals surface area contributed by atoms with Crippen molar-refractivity contribution in [3.05, 3.63) is 30.5 Å². The molecule has 4 atom stereocenters. The third-order valence-electron chi connectivity index (χ3n) is 7.87. The van der Waals surface area contributed by atoms with Crippen molar-refractivity contribution in [2.45, 2.75) is 80.8 Å². The van der Waals surface area contributed by atoms with Crippen LogP contribution in [0.25, 0.3) is 10.9 Å². The average Bonchev–Trinajstić information content (AvgIpc) is 3.25. The Balaban J connectivity index is 1.55. The summed E-state index contributed by atoms with van der Waals surface area (Å²) < 4.78 is 83.1. The lowest BCUT2D eigenvalue weighted by Gasteiger charge is -2.38. The highest BCUT2D eigenvalue weighted by atomic mass is 32.2. The van der Waals surface area contributed by atoms with Gasteiger partial charge in [-0.3, -0.25) is 9.48 Å². The lowest BCUT2D eigenvalue weighted by Crippen LogP contribution is -2.54. The molecule has 2 saturated heterocycles. The third kappa shape index (κ3) is 5.98. The summed E-state index contributed by atoms with van der Waals surface area (Å²) in [7, 11) is -3.89. The summed E-state index contributed by atoms with van der Waals surface area (Å²) in [5.41, 5.74) is 0.711. The van der Waals surface area contributed by atoms with Crippen LogP contribution < -0.4 is 14.9 Å². The number of allylic oxidation sites excluding steroid dienone is 1. The number of nitrogens with zero attached hydrogens (tertiary/aromatic N) is 4. The van der Waals surface area contributed by atoms with E-state index in [1.165, 1.54) is 6.07 Å². The number of halogens is 4. The molecule has 3 heterocycles. The molecule has 0 radical (unpaired) electrons. The van der Waals surface area contributed by atoms with Crippen molar-refractivity contribution in [1.29, 1.82) is 0 Å². The number of carbonyl (C=O) groups is 1. The van der Waals surface area contributed by atoms with Crippen LogP contribution in [0.4, 0.5) is 23.2 Å². The fourth-order valence-electron chi connectivity index (χ4n) is 5.75. The first-order chi connectivity index (χ1) is 18.7. The van der Waals surface area contributed by atoms with Gasteiger partial charge in [0.15, 0.2) is 0 Å². The van der Waals surface area contributed by atoms with E-state index in [0.717, 1.165) is 17.7 Å². The van der Waals surface area contributed by atoms with Crippen LogP contribution in [0.2, 0.25) is 0 Å². The lowest BCUT2D eigenvalue weighted by molar-refractivity contribution is -0.128. The van der Waals surface area contributed by atoms with Crippen LogP contribution in [-0.2, 0) is 14.8 Å². The quantitative estimate of drug-likeness (QED) is 0.382. The van der Waals surface area contributed by atoms with E-state index in [-0.39, 0.29) is 36.0 Å². The van der Waals surface area contributed by atoms with E-state index in [9.17, 15) is 30.8 Å². The molecule has 3 fully saturated rings. The van der Waals surface area contributed by atoms with Gasteiger partial charge in [0.25, 0.3) is 0 Å². The van der Waals surface area contributed by atoms with E-state index < -0.39 is 46.4 Å². The zero-order valence-corrected chi connectivity index (χ0v) is 23.4. The van der Waals surface area contributed by atoms with E-state index in [0.29, 0.717) is 35.8 Å². The number of carbonyl (C=O) groups excluding carboxylic acids is 1. The Bertz CT molecular complexity index is 1410. The molecule has 40 heavy (non-hydrogen) atoms. The summed E-state index contributed by atoms with van der Waals surface area (Å²) in [6, 6.07) is 2.02. The minimum atomic E-state index is -4.67. The molecule has 0 bridgehead atoms. The lowest BCUT2D eigenvalue weighted by atomic mass is 10.1. The van der Waals surface area contributed by atoms with Crippen LogP contribution in [0.3, 0.4) is 0 Å².